The van der Waals surface area contributed by atoms with Gasteiger partial charge in [0, 0.05) is 12.6 Å². The van der Waals surface area contributed by atoms with Crippen molar-refractivity contribution in [2.75, 3.05) is 6.54 Å². The first-order chi connectivity index (χ1) is 6.50. The first-order valence-corrected chi connectivity index (χ1v) is 5.91. The van der Waals surface area contributed by atoms with Gasteiger partial charge in [-0.2, -0.15) is 0 Å². The molecule has 3 N–H and O–H groups in total. The predicted molar refractivity (Wildman–Crippen MR) is 62.7 cm³/mol. The van der Waals surface area contributed by atoms with E-state index >= 15 is 0 Å². The zero-order valence-electron chi connectivity index (χ0n) is 8.13. The number of thiophene rings is 1. The number of rotatable bonds is 3. The lowest BCUT2D eigenvalue weighted by atomic mass is 10.3. The van der Waals surface area contributed by atoms with Crippen molar-refractivity contribution in [2.24, 2.45) is 5.73 Å². The van der Waals surface area contributed by atoms with Crippen molar-refractivity contribution in [3.63, 3.8) is 0 Å². The van der Waals surface area contributed by atoms with Crippen molar-refractivity contribution in [2.45, 2.75) is 19.9 Å². The molecule has 5 heteroatoms. The Kier molecular flexibility index (Phi) is 4.10. The van der Waals surface area contributed by atoms with Gasteiger partial charge >= 0.3 is 0 Å². The van der Waals surface area contributed by atoms with E-state index in [1.165, 1.54) is 11.3 Å². The fraction of sp³-hybridized carbons (Fsp3) is 0.444. The highest BCUT2D eigenvalue weighted by molar-refractivity contribution is 9.11. The Hall–Kier alpha value is -0.390. The third-order valence-electron chi connectivity index (χ3n) is 1.67. The van der Waals surface area contributed by atoms with Gasteiger partial charge in [0.2, 0.25) is 0 Å². The van der Waals surface area contributed by atoms with E-state index in [9.17, 15) is 4.79 Å². The highest BCUT2D eigenvalue weighted by Gasteiger charge is 2.10. The third-order valence-corrected chi connectivity index (χ3v) is 3.80. The van der Waals surface area contributed by atoms with Crippen LogP contribution in [0.3, 0.4) is 0 Å². The van der Waals surface area contributed by atoms with Crippen LogP contribution in [0.25, 0.3) is 0 Å². The van der Waals surface area contributed by atoms with Gasteiger partial charge in [0.15, 0.2) is 0 Å². The van der Waals surface area contributed by atoms with Gasteiger partial charge in [0.1, 0.15) is 0 Å². The normalized spacial score (nSPS) is 12.6. The first kappa shape index (κ1) is 11.7. The summed E-state index contributed by atoms with van der Waals surface area (Å²) in [6.07, 6.45) is 0. The lowest BCUT2D eigenvalue weighted by molar-refractivity contribution is 0.0955. The molecule has 1 atom stereocenters. The van der Waals surface area contributed by atoms with Crippen LogP contribution in [-0.4, -0.2) is 18.5 Å². The molecule has 0 saturated heterocycles. The van der Waals surface area contributed by atoms with Crippen LogP contribution in [-0.2, 0) is 0 Å². The molecule has 1 heterocycles. The van der Waals surface area contributed by atoms with E-state index < -0.39 is 0 Å². The predicted octanol–water partition coefficient (Wildman–Crippen LogP) is 1.90. The standard InChI is InChI=1S/C9H13BrN2OS/c1-5-3-7(14-8(5)10)9(13)12-4-6(2)11/h3,6H,4,11H2,1-2H3,(H,12,13). The second-order valence-electron chi connectivity index (χ2n) is 3.25. The molecule has 0 aliphatic rings. The lowest BCUT2D eigenvalue weighted by Gasteiger charge is -2.05. The minimum atomic E-state index is -0.0545. The van der Waals surface area contributed by atoms with E-state index in [0.717, 1.165) is 14.2 Å². The smallest absolute Gasteiger partial charge is 0.261 e. The van der Waals surface area contributed by atoms with Gasteiger partial charge in [-0.15, -0.1) is 11.3 Å². The molecule has 78 valence electrons. The summed E-state index contributed by atoms with van der Waals surface area (Å²) < 4.78 is 1.00. The molecule has 0 bridgehead atoms. The van der Waals surface area contributed by atoms with Crippen molar-refractivity contribution >= 4 is 33.2 Å². The Balaban J connectivity index is 2.61. The zero-order chi connectivity index (χ0) is 10.7. The number of halogens is 1. The summed E-state index contributed by atoms with van der Waals surface area (Å²) in [7, 11) is 0. The van der Waals surface area contributed by atoms with Gasteiger partial charge in [-0.25, -0.2) is 0 Å². The number of carbonyl (C=O) groups excluding carboxylic acids is 1. The quantitative estimate of drug-likeness (QED) is 0.886. The van der Waals surface area contributed by atoms with E-state index in [4.69, 9.17) is 5.73 Å². The van der Waals surface area contributed by atoms with Crippen molar-refractivity contribution in [1.82, 2.24) is 5.32 Å². The maximum atomic E-state index is 11.5. The van der Waals surface area contributed by atoms with E-state index in [2.05, 4.69) is 21.2 Å². The fourth-order valence-corrected chi connectivity index (χ4v) is 2.36. The van der Waals surface area contributed by atoms with E-state index in [1.54, 1.807) is 0 Å². The lowest BCUT2D eigenvalue weighted by Crippen LogP contribution is -2.34. The Labute approximate surface area is 95.8 Å². The third kappa shape index (κ3) is 3.08. The van der Waals surface area contributed by atoms with Gasteiger partial charge in [0.25, 0.3) is 5.91 Å². The molecular weight excluding hydrogens is 264 g/mol. The van der Waals surface area contributed by atoms with Gasteiger partial charge in [-0.3, -0.25) is 4.79 Å². The largest absolute Gasteiger partial charge is 0.350 e. The van der Waals surface area contributed by atoms with Crippen LogP contribution in [0.2, 0.25) is 0 Å². The number of carbonyl (C=O) groups is 1. The van der Waals surface area contributed by atoms with E-state index in [0.29, 0.717) is 6.54 Å². The average Bonchev–Trinajstić information content (AvgIpc) is 2.43. The van der Waals surface area contributed by atoms with Crippen LogP contribution < -0.4 is 11.1 Å². The SMILES string of the molecule is Cc1cc(C(=O)NCC(C)N)sc1Br. The second kappa shape index (κ2) is 4.91. The van der Waals surface area contributed by atoms with Crippen molar-refractivity contribution in [1.29, 1.82) is 0 Å². The zero-order valence-corrected chi connectivity index (χ0v) is 10.5. The summed E-state index contributed by atoms with van der Waals surface area (Å²) in [4.78, 5) is 12.3. The monoisotopic (exact) mass is 276 g/mol. The number of hydrogen-bond acceptors (Lipinski definition) is 3. The topological polar surface area (TPSA) is 55.1 Å². The minimum Gasteiger partial charge on any atom is -0.350 e. The second-order valence-corrected chi connectivity index (χ2v) is 5.62. The van der Waals surface area contributed by atoms with E-state index in [1.807, 2.05) is 19.9 Å². The van der Waals surface area contributed by atoms with Crippen LogP contribution in [0.5, 0.6) is 0 Å². The summed E-state index contributed by atoms with van der Waals surface area (Å²) in [5.41, 5.74) is 6.62. The van der Waals surface area contributed by atoms with Crippen molar-refractivity contribution in [3.8, 4) is 0 Å². The molecule has 1 aromatic rings. The Morgan fingerprint density at radius 2 is 2.43 bits per heavy atom. The first-order valence-electron chi connectivity index (χ1n) is 4.30. The maximum absolute atomic E-state index is 11.5. The van der Waals surface area contributed by atoms with Crippen LogP contribution in [0, 0.1) is 6.92 Å². The van der Waals surface area contributed by atoms with Crippen LogP contribution in [0.15, 0.2) is 9.85 Å². The summed E-state index contributed by atoms with van der Waals surface area (Å²) in [6, 6.07) is 1.86. The molecule has 0 fully saturated rings. The molecule has 0 saturated carbocycles. The molecule has 1 amide bonds. The molecule has 1 rings (SSSR count). The van der Waals surface area contributed by atoms with Crippen LogP contribution >= 0.6 is 27.3 Å². The van der Waals surface area contributed by atoms with Gasteiger partial charge in [-0.05, 0) is 41.4 Å². The molecule has 3 nitrogen and oxygen atoms in total. The molecule has 0 aliphatic carbocycles. The molecule has 0 aliphatic heterocycles. The summed E-state index contributed by atoms with van der Waals surface area (Å²) >= 11 is 4.82. The molecule has 0 aromatic carbocycles. The maximum Gasteiger partial charge on any atom is 0.261 e. The molecule has 0 spiro atoms. The molecule has 0 radical (unpaired) electrons. The fourth-order valence-electron chi connectivity index (χ4n) is 0.913. The number of hydrogen-bond donors (Lipinski definition) is 2. The molecule has 14 heavy (non-hydrogen) atoms. The minimum absolute atomic E-state index is 0.0107. The van der Waals surface area contributed by atoms with E-state index in [-0.39, 0.29) is 11.9 Å². The van der Waals surface area contributed by atoms with Crippen LogP contribution in [0.1, 0.15) is 22.2 Å². The summed E-state index contributed by atoms with van der Waals surface area (Å²) in [5.74, 6) is -0.0545. The van der Waals surface area contributed by atoms with Crippen LogP contribution in [0.4, 0.5) is 0 Å². The van der Waals surface area contributed by atoms with Gasteiger partial charge < -0.3 is 11.1 Å². The summed E-state index contributed by atoms with van der Waals surface area (Å²) in [5, 5.41) is 2.76. The Morgan fingerprint density at radius 3 is 2.86 bits per heavy atom. The van der Waals surface area contributed by atoms with Gasteiger partial charge in [-0.1, -0.05) is 0 Å². The number of amides is 1. The average molecular weight is 277 g/mol. The highest BCUT2D eigenvalue weighted by Crippen LogP contribution is 2.26. The van der Waals surface area contributed by atoms with Crippen molar-refractivity contribution in [3.05, 3.63) is 20.3 Å². The number of nitrogens with two attached hydrogens (primary N) is 1. The molecule has 1 aromatic heterocycles. The highest BCUT2D eigenvalue weighted by atomic mass is 79.9. The summed E-state index contributed by atoms with van der Waals surface area (Å²) in [6.45, 7) is 4.33. The molecular formula is C9H13BrN2OS. The Bertz CT molecular complexity index is 316. The van der Waals surface area contributed by atoms with Gasteiger partial charge in [0.05, 0.1) is 8.66 Å². The number of nitrogens with one attached hydrogen (secondary N) is 1. The van der Waals surface area contributed by atoms with Crippen molar-refractivity contribution < 1.29 is 4.79 Å². The Morgan fingerprint density at radius 1 is 1.79 bits per heavy atom. The number of aryl methyl sites for hydroxylation is 1. The molecule has 1 unspecified atom stereocenters.